The van der Waals surface area contributed by atoms with Gasteiger partial charge in [0.05, 0.1) is 4.90 Å². The van der Waals surface area contributed by atoms with Crippen LogP contribution >= 0.6 is 0 Å². The molecule has 0 aromatic heterocycles. The van der Waals surface area contributed by atoms with Crippen LogP contribution in [-0.4, -0.2) is 52.5 Å². The normalized spacial score (nSPS) is 18.7. The van der Waals surface area contributed by atoms with Crippen LogP contribution in [0.15, 0.2) is 41.3 Å². The van der Waals surface area contributed by atoms with E-state index in [1.165, 1.54) is 10.4 Å². The van der Waals surface area contributed by atoms with Gasteiger partial charge in [-0.05, 0) is 24.3 Å². The Morgan fingerprint density at radius 2 is 1.30 bits per heavy atom. The van der Waals surface area contributed by atoms with Crippen molar-refractivity contribution in [2.75, 3.05) is 44.7 Å². The Morgan fingerprint density at radius 1 is 0.704 bits per heavy atom. The van der Waals surface area contributed by atoms with Gasteiger partial charge in [0.1, 0.15) is 0 Å². The fourth-order valence-electron chi connectivity index (χ4n) is 3.45. The van der Waals surface area contributed by atoms with E-state index in [1.807, 2.05) is 18.2 Å². The minimum atomic E-state index is -3.57. The zero-order chi connectivity index (χ0) is 18.4. The van der Waals surface area contributed by atoms with Crippen LogP contribution < -0.4 is 23.8 Å². The first kappa shape index (κ1) is 16.5. The molecule has 3 aliphatic rings. The second kappa shape index (κ2) is 6.21. The fourth-order valence-corrected chi connectivity index (χ4v) is 4.89. The number of hydrogen-bond donors (Lipinski definition) is 0. The van der Waals surface area contributed by atoms with Crippen molar-refractivity contribution in [3.8, 4) is 23.0 Å². The monoisotopic (exact) mass is 390 g/mol. The quantitative estimate of drug-likeness (QED) is 0.789. The van der Waals surface area contributed by atoms with Crippen molar-refractivity contribution in [2.24, 2.45) is 0 Å². The van der Waals surface area contributed by atoms with Crippen molar-refractivity contribution in [1.29, 1.82) is 0 Å². The number of piperazine rings is 1. The van der Waals surface area contributed by atoms with Gasteiger partial charge in [0.2, 0.25) is 23.6 Å². The Kier molecular flexibility index (Phi) is 3.80. The molecule has 27 heavy (non-hydrogen) atoms. The highest BCUT2D eigenvalue weighted by Gasteiger charge is 2.30. The Balaban J connectivity index is 1.31. The molecule has 2 aromatic rings. The summed E-state index contributed by atoms with van der Waals surface area (Å²) in [5, 5.41) is 0. The Morgan fingerprint density at radius 3 is 2.00 bits per heavy atom. The van der Waals surface area contributed by atoms with Crippen LogP contribution in [0.5, 0.6) is 23.0 Å². The molecule has 142 valence electrons. The molecule has 9 heteroatoms. The van der Waals surface area contributed by atoms with Gasteiger partial charge in [-0.2, -0.15) is 4.31 Å². The lowest BCUT2D eigenvalue weighted by Gasteiger charge is -2.35. The molecule has 0 atom stereocenters. The van der Waals surface area contributed by atoms with Crippen LogP contribution in [-0.2, 0) is 10.0 Å². The van der Waals surface area contributed by atoms with Crippen LogP contribution in [0.2, 0.25) is 0 Å². The molecular weight excluding hydrogens is 372 g/mol. The lowest BCUT2D eigenvalue weighted by molar-refractivity contribution is 0.173. The van der Waals surface area contributed by atoms with Crippen LogP contribution in [0.1, 0.15) is 0 Å². The highest BCUT2D eigenvalue weighted by atomic mass is 32.2. The molecule has 2 aromatic carbocycles. The average molecular weight is 390 g/mol. The zero-order valence-electron chi connectivity index (χ0n) is 14.5. The molecule has 3 heterocycles. The van der Waals surface area contributed by atoms with Gasteiger partial charge in [0.25, 0.3) is 0 Å². The number of sulfonamides is 1. The van der Waals surface area contributed by atoms with E-state index < -0.39 is 10.0 Å². The lowest BCUT2D eigenvalue weighted by Crippen LogP contribution is -2.48. The fraction of sp³-hybridized carbons (Fsp3) is 0.333. The molecule has 8 nitrogen and oxygen atoms in total. The lowest BCUT2D eigenvalue weighted by atomic mass is 10.2. The van der Waals surface area contributed by atoms with E-state index >= 15 is 0 Å². The molecular formula is C18H18N2O6S. The molecule has 3 aliphatic heterocycles. The van der Waals surface area contributed by atoms with Gasteiger partial charge >= 0.3 is 0 Å². The zero-order valence-corrected chi connectivity index (χ0v) is 15.3. The predicted molar refractivity (Wildman–Crippen MR) is 96.1 cm³/mol. The molecule has 0 spiro atoms. The van der Waals surface area contributed by atoms with Crippen molar-refractivity contribution in [3.05, 3.63) is 36.4 Å². The maximum Gasteiger partial charge on any atom is 0.243 e. The Hall–Kier alpha value is -2.65. The maximum atomic E-state index is 13.0. The first-order chi connectivity index (χ1) is 13.1. The highest BCUT2D eigenvalue weighted by molar-refractivity contribution is 7.89. The summed E-state index contributed by atoms with van der Waals surface area (Å²) in [6, 6.07) is 10.5. The van der Waals surface area contributed by atoms with Crippen LogP contribution in [0.3, 0.4) is 0 Å². The Labute approximate surface area is 156 Å². The smallest absolute Gasteiger partial charge is 0.243 e. The molecule has 1 fully saturated rings. The molecule has 0 amide bonds. The first-order valence-corrected chi connectivity index (χ1v) is 10.1. The average Bonchev–Trinajstić information content (AvgIpc) is 3.35. The number of nitrogens with zero attached hydrogens (tertiary/aromatic N) is 2. The molecule has 0 aliphatic carbocycles. The van der Waals surface area contributed by atoms with Gasteiger partial charge in [-0.25, -0.2) is 8.42 Å². The SMILES string of the molecule is O=S(=O)(c1ccc2c(c1)OCO2)N1CCN(c2ccc3c(c2)OCO3)CC1. The van der Waals surface area contributed by atoms with Gasteiger partial charge in [-0.3, -0.25) is 0 Å². The molecule has 5 rings (SSSR count). The van der Waals surface area contributed by atoms with Gasteiger partial charge < -0.3 is 23.8 Å². The van der Waals surface area contributed by atoms with Crippen LogP contribution in [0.4, 0.5) is 5.69 Å². The molecule has 0 radical (unpaired) electrons. The molecule has 0 N–H and O–H groups in total. The van der Waals surface area contributed by atoms with Crippen molar-refractivity contribution in [2.45, 2.75) is 4.90 Å². The number of anilines is 1. The summed E-state index contributed by atoms with van der Waals surface area (Å²) >= 11 is 0. The number of fused-ring (bicyclic) bond motifs is 2. The molecule has 0 bridgehead atoms. The van der Waals surface area contributed by atoms with Crippen molar-refractivity contribution in [1.82, 2.24) is 4.31 Å². The minimum absolute atomic E-state index is 0.118. The van der Waals surface area contributed by atoms with Crippen molar-refractivity contribution in [3.63, 3.8) is 0 Å². The summed E-state index contributed by atoms with van der Waals surface area (Å²) in [5.41, 5.74) is 0.999. The van der Waals surface area contributed by atoms with Crippen LogP contribution in [0, 0.1) is 0 Å². The van der Waals surface area contributed by atoms with Gasteiger partial charge in [-0.15, -0.1) is 0 Å². The van der Waals surface area contributed by atoms with E-state index in [0.717, 1.165) is 17.2 Å². The van der Waals surface area contributed by atoms with Crippen molar-refractivity contribution < 1.29 is 27.4 Å². The summed E-state index contributed by atoms with van der Waals surface area (Å²) < 4.78 is 48.7. The second-order valence-corrected chi connectivity index (χ2v) is 8.38. The van der Waals surface area contributed by atoms with E-state index in [2.05, 4.69) is 4.90 Å². The van der Waals surface area contributed by atoms with Crippen LogP contribution in [0.25, 0.3) is 0 Å². The number of benzene rings is 2. The summed E-state index contributed by atoms with van der Waals surface area (Å²) in [5.74, 6) is 2.50. The largest absolute Gasteiger partial charge is 0.454 e. The standard InChI is InChI=1S/C18H18N2O6S/c21-27(22,14-2-4-16-18(10-14)26-12-24-16)20-7-5-19(6-8-20)13-1-3-15-17(9-13)25-11-23-15/h1-4,9-10H,5-8,11-12H2. The third-order valence-electron chi connectivity index (χ3n) is 4.94. The van der Waals surface area contributed by atoms with E-state index in [0.29, 0.717) is 37.7 Å². The van der Waals surface area contributed by atoms with Gasteiger partial charge in [-0.1, -0.05) is 0 Å². The highest BCUT2D eigenvalue weighted by Crippen LogP contribution is 2.37. The summed E-state index contributed by atoms with van der Waals surface area (Å²) in [6.07, 6.45) is 0. The van der Waals surface area contributed by atoms with E-state index in [-0.39, 0.29) is 18.5 Å². The minimum Gasteiger partial charge on any atom is -0.454 e. The molecule has 0 unspecified atom stereocenters. The summed E-state index contributed by atoms with van der Waals surface area (Å²) in [7, 11) is -3.57. The van der Waals surface area contributed by atoms with E-state index in [1.54, 1.807) is 12.1 Å². The Bertz CT molecular complexity index is 985. The summed E-state index contributed by atoms with van der Waals surface area (Å²) in [6.45, 7) is 2.37. The van der Waals surface area contributed by atoms with Crippen molar-refractivity contribution >= 4 is 15.7 Å². The van der Waals surface area contributed by atoms with Gasteiger partial charge in [0.15, 0.2) is 23.0 Å². The van der Waals surface area contributed by atoms with Gasteiger partial charge in [0, 0.05) is 44.0 Å². The van der Waals surface area contributed by atoms with E-state index in [9.17, 15) is 8.42 Å². The first-order valence-electron chi connectivity index (χ1n) is 8.66. The third kappa shape index (κ3) is 2.83. The predicted octanol–water partition coefficient (Wildman–Crippen LogP) is 1.65. The molecule has 1 saturated heterocycles. The molecule has 0 saturated carbocycles. The topological polar surface area (TPSA) is 77.5 Å². The number of hydrogen-bond acceptors (Lipinski definition) is 7. The number of ether oxygens (including phenoxy) is 4. The maximum absolute atomic E-state index is 13.0. The summed E-state index contributed by atoms with van der Waals surface area (Å²) in [4.78, 5) is 2.37. The second-order valence-electron chi connectivity index (χ2n) is 6.44. The third-order valence-corrected chi connectivity index (χ3v) is 6.84. The number of rotatable bonds is 3. The van der Waals surface area contributed by atoms with E-state index in [4.69, 9.17) is 18.9 Å².